The number of hydrogen-bond donors (Lipinski definition) is 0. The molecule has 118 valence electrons. The molecular weight excluding hydrogens is 320 g/mol. The minimum Gasteiger partial charge on any atom is -0.302 e. The third-order valence-electron chi connectivity index (χ3n) is 3.49. The standard InChI is InChI=1S/C16H13F2N3OS/c1-10-6-7-13(12-5-3-2-4-11(10)12)21-15(14(17)18)19-20-16(21)23-9-8-22/h2-8,14H,9H2,1H3. The van der Waals surface area contributed by atoms with Crippen molar-refractivity contribution in [2.45, 2.75) is 18.5 Å². The largest absolute Gasteiger partial charge is 0.302 e. The van der Waals surface area contributed by atoms with Gasteiger partial charge in [0.15, 0.2) is 5.16 Å². The lowest BCUT2D eigenvalue weighted by atomic mass is 10.0. The Morgan fingerprint density at radius 2 is 1.91 bits per heavy atom. The van der Waals surface area contributed by atoms with Crippen LogP contribution in [0.2, 0.25) is 0 Å². The van der Waals surface area contributed by atoms with Crippen molar-refractivity contribution in [2.24, 2.45) is 0 Å². The summed E-state index contributed by atoms with van der Waals surface area (Å²) < 4.78 is 28.0. The molecule has 0 saturated heterocycles. The SMILES string of the molecule is Cc1ccc(-n2c(SCC=O)nnc2C(F)F)c2ccccc12. The Bertz CT molecular complexity index is 864. The van der Waals surface area contributed by atoms with E-state index in [2.05, 4.69) is 10.2 Å². The summed E-state index contributed by atoms with van der Waals surface area (Å²) in [5.41, 5.74) is 1.64. The zero-order valence-electron chi connectivity index (χ0n) is 12.2. The second-order valence-electron chi connectivity index (χ2n) is 4.90. The Labute approximate surface area is 135 Å². The first-order valence-electron chi connectivity index (χ1n) is 6.92. The van der Waals surface area contributed by atoms with E-state index in [0.29, 0.717) is 12.0 Å². The number of alkyl halides is 2. The van der Waals surface area contributed by atoms with Gasteiger partial charge in [-0.2, -0.15) is 0 Å². The number of aldehydes is 1. The molecule has 0 radical (unpaired) electrons. The summed E-state index contributed by atoms with van der Waals surface area (Å²) in [4.78, 5) is 10.6. The zero-order chi connectivity index (χ0) is 16.4. The highest BCUT2D eigenvalue weighted by molar-refractivity contribution is 7.99. The average Bonchev–Trinajstić information content (AvgIpc) is 2.97. The number of thioether (sulfide) groups is 1. The molecule has 0 aliphatic rings. The molecule has 0 aliphatic carbocycles. The summed E-state index contributed by atoms with van der Waals surface area (Å²) in [5.74, 6) is -0.294. The van der Waals surface area contributed by atoms with Crippen molar-refractivity contribution in [3.63, 3.8) is 0 Å². The fourth-order valence-electron chi connectivity index (χ4n) is 2.48. The first-order chi connectivity index (χ1) is 11.1. The van der Waals surface area contributed by atoms with Gasteiger partial charge in [-0.25, -0.2) is 8.78 Å². The maximum atomic E-state index is 13.3. The van der Waals surface area contributed by atoms with Gasteiger partial charge in [-0.3, -0.25) is 4.57 Å². The van der Waals surface area contributed by atoms with Crippen LogP contribution < -0.4 is 0 Å². The normalized spacial score (nSPS) is 11.3. The first-order valence-corrected chi connectivity index (χ1v) is 7.90. The molecule has 3 rings (SSSR count). The smallest absolute Gasteiger partial charge is 0.297 e. The summed E-state index contributed by atoms with van der Waals surface area (Å²) in [6.07, 6.45) is -2.05. The minimum absolute atomic E-state index is 0.130. The van der Waals surface area contributed by atoms with Crippen LogP contribution in [0.15, 0.2) is 41.6 Å². The molecule has 23 heavy (non-hydrogen) atoms. The van der Waals surface area contributed by atoms with Gasteiger partial charge in [0.25, 0.3) is 6.43 Å². The molecule has 4 nitrogen and oxygen atoms in total. The van der Waals surface area contributed by atoms with E-state index in [0.717, 1.165) is 28.1 Å². The van der Waals surface area contributed by atoms with Gasteiger partial charge in [0.05, 0.1) is 11.4 Å². The van der Waals surface area contributed by atoms with Gasteiger partial charge in [-0.15, -0.1) is 10.2 Å². The molecule has 0 N–H and O–H groups in total. The summed E-state index contributed by atoms with van der Waals surface area (Å²) in [7, 11) is 0. The molecule has 0 amide bonds. The topological polar surface area (TPSA) is 47.8 Å². The van der Waals surface area contributed by atoms with E-state index in [1.165, 1.54) is 4.57 Å². The quantitative estimate of drug-likeness (QED) is 0.524. The lowest BCUT2D eigenvalue weighted by Crippen LogP contribution is -2.04. The van der Waals surface area contributed by atoms with Crippen LogP contribution >= 0.6 is 11.8 Å². The van der Waals surface area contributed by atoms with E-state index in [4.69, 9.17) is 0 Å². The highest BCUT2D eigenvalue weighted by atomic mass is 32.2. The number of rotatable bonds is 5. The molecular formula is C16H13F2N3OS. The molecule has 2 aromatic carbocycles. The van der Waals surface area contributed by atoms with Gasteiger partial charge < -0.3 is 4.79 Å². The maximum Gasteiger partial charge on any atom is 0.297 e. The van der Waals surface area contributed by atoms with Gasteiger partial charge in [0, 0.05) is 5.39 Å². The lowest BCUT2D eigenvalue weighted by Gasteiger charge is -2.13. The molecule has 3 aromatic rings. The van der Waals surface area contributed by atoms with Crippen molar-refractivity contribution in [2.75, 3.05) is 5.75 Å². The predicted molar refractivity (Wildman–Crippen MR) is 85.3 cm³/mol. The molecule has 7 heteroatoms. The second-order valence-corrected chi connectivity index (χ2v) is 5.89. The van der Waals surface area contributed by atoms with Gasteiger partial charge in [0.1, 0.15) is 6.29 Å². The van der Waals surface area contributed by atoms with Gasteiger partial charge in [-0.05, 0) is 23.9 Å². The highest BCUT2D eigenvalue weighted by Gasteiger charge is 2.22. The number of nitrogens with zero attached hydrogens (tertiary/aromatic N) is 3. The first kappa shape index (κ1) is 15.6. The Morgan fingerprint density at radius 1 is 1.17 bits per heavy atom. The van der Waals surface area contributed by atoms with E-state index in [9.17, 15) is 13.6 Å². The van der Waals surface area contributed by atoms with Crippen LogP contribution in [-0.2, 0) is 4.79 Å². The summed E-state index contributed by atoms with van der Waals surface area (Å²) in [6.45, 7) is 1.97. The second kappa shape index (κ2) is 6.45. The minimum atomic E-state index is -2.76. The number of halogens is 2. The number of aryl methyl sites for hydroxylation is 1. The van der Waals surface area contributed by atoms with Crippen molar-refractivity contribution < 1.29 is 13.6 Å². The van der Waals surface area contributed by atoms with Crippen molar-refractivity contribution in [3.8, 4) is 5.69 Å². The van der Waals surface area contributed by atoms with Crippen molar-refractivity contribution in [1.82, 2.24) is 14.8 Å². The number of carbonyl (C=O) groups is 1. The zero-order valence-corrected chi connectivity index (χ0v) is 13.1. The third kappa shape index (κ3) is 2.84. The van der Waals surface area contributed by atoms with Crippen LogP contribution in [0.5, 0.6) is 0 Å². The molecule has 0 fully saturated rings. The van der Waals surface area contributed by atoms with Crippen molar-refractivity contribution in [3.05, 3.63) is 47.8 Å². The van der Waals surface area contributed by atoms with Crippen LogP contribution in [0, 0.1) is 6.92 Å². The number of aromatic nitrogens is 3. The molecule has 0 bridgehead atoms. The third-order valence-corrected chi connectivity index (χ3v) is 4.32. The lowest BCUT2D eigenvalue weighted by molar-refractivity contribution is -0.105. The van der Waals surface area contributed by atoms with Gasteiger partial charge in [0.2, 0.25) is 5.82 Å². The predicted octanol–water partition coefficient (Wildman–Crippen LogP) is 3.96. The molecule has 0 saturated carbocycles. The van der Waals surface area contributed by atoms with Crippen molar-refractivity contribution >= 4 is 28.8 Å². The fraction of sp³-hybridized carbons (Fsp3) is 0.188. The van der Waals surface area contributed by atoms with Crippen LogP contribution in [0.25, 0.3) is 16.5 Å². The van der Waals surface area contributed by atoms with E-state index < -0.39 is 12.2 Å². The van der Waals surface area contributed by atoms with E-state index >= 15 is 0 Å². The highest BCUT2D eigenvalue weighted by Crippen LogP contribution is 2.32. The van der Waals surface area contributed by atoms with Crippen LogP contribution in [0.1, 0.15) is 17.8 Å². The van der Waals surface area contributed by atoms with Gasteiger partial charge >= 0.3 is 0 Å². The number of hydrogen-bond acceptors (Lipinski definition) is 4. The molecule has 0 aliphatic heterocycles. The summed E-state index contributed by atoms with van der Waals surface area (Å²) in [6, 6.07) is 11.2. The van der Waals surface area contributed by atoms with E-state index in [-0.39, 0.29) is 10.9 Å². The Balaban J connectivity index is 2.27. The Hall–Kier alpha value is -2.28. The van der Waals surface area contributed by atoms with Gasteiger partial charge in [-0.1, -0.05) is 42.1 Å². The van der Waals surface area contributed by atoms with Crippen LogP contribution in [0.4, 0.5) is 8.78 Å². The average molecular weight is 333 g/mol. The fourth-order valence-corrected chi connectivity index (χ4v) is 3.12. The van der Waals surface area contributed by atoms with Crippen molar-refractivity contribution in [1.29, 1.82) is 0 Å². The van der Waals surface area contributed by atoms with Crippen LogP contribution in [-0.4, -0.2) is 26.8 Å². The Kier molecular flexibility index (Phi) is 4.38. The molecule has 1 heterocycles. The number of benzene rings is 2. The monoisotopic (exact) mass is 333 g/mol. The molecule has 1 aromatic heterocycles. The summed E-state index contributed by atoms with van der Waals surface area (Å²) in [5, 5.41) is 9.51. The Morgan fingerprint density at radius 3 is 2.61 bits per heavy atom. The van der Waals surface area contributed by atoms with E-state index in [1.54, 1.807) is 6.07 Å². The molecule has 0 atom stereocenters. The number of carbonyl (C=O) groups excluding carboxylic acids is 1. The van der Waals surface area contributed by atoms with Crippen LogP contribution in [0.3, 0.4) is 0 Å². The maximum absolute atomic E-state index is 13.3. The summed E-state index contributed by atoms with van der Waals surface area (Å²) >= 11 is 1.08. The van der Waals surface area contributed by atoms with E-state index in [1.807, 2.05) is 37.3 Å². The molecule has 0 unspecified atom stereocenters. The molecule has 0 spiro atoms. The number of fused-ring (bicyclic) bond motifs is 1.